The zero-order chi connectivity index (χ0) is 22.5. The van der Waals surface area contributed by atoms with Crippen molar-refractivity contribution in [3.8, 4) is 11.5 Å². The van der Waals surface area contributed by atoms with Crippen molar-refractivity contribution in [3.05, 3.63) is 28.8 Å². The molecule has 1 aliphatic heterocycles. The minimum Gasteiger partial charge on any atom is -0.465 e. The number of benzene rings is 1. The molecule has 1 aromatic heterocycles. The molecule has 31 heavy (non-hydrogen) atoms. The van der Waals surface area contributed by atoms with Crippen molar-refractivity contribution in [1.82, 2.24) is 9.69 Å². The normalized spacial score (nSPS) is 11.6. The van der Waals surface area contributed by atoms with Crippen LogP contribution in [-0.2, 0) is 14.3 Å². The predicted molar refractivity (Wildman–Crippen MR) is 109 cm³/mol. The number of hydrogen-bond acceptors (Lipinski definition) is 10. The molecule has 13 heteroatoms. The summed E-state index contributed by atoms with van der Waals surface area (Å²) in [5, 5.41) is 2.38. The minimum absolute atomic E-state index is 0.0243. The van der Waals surface area contributed by atoms with Crippen LogP contribution >= 0.6 is 11.5 Å². The van der Waals surface area contributed by atoms with E-state index in [1.807, 2.05) is 0 Å². The van der Waals surface area contributed by atoms with E-state index in [1.165, 1.54) is 6.07 Å². The smallest absolute Gasteiger partial charge is 0.325 e. The predicted octanol–water partition coefficient (Wildman–Crippen LogP) is -0.121. The minimum atomic E-state index is -0.880. The van der Waals surface area contributed by atoms with Crippen LogP contribution in [0.5, 0.6) is 11.5 Å². The number of nitrogens with one attached hydrogen (secondary N) is 1. The lowest BCUT2D eigenvalue weighted by Gasteiger charge is -2.22. The Bertz CT molecular complexity index is 1040. The number of fused-ring (bicyclic) bond motifs is 1. The molecule has 0 bridgehead atoms. The molecule has 0 spiro atoms. The molecule has 2 heterocycles. The van der Waals surface area contributed by atoms with Crippen LogP contribution in [0.1, 0.15) is 27.1 Å². The molecule has 0 atom stereocenters. The Labute approximate surface area is 180 Å². The highest BCUT2D eigenvalue weighted by molar-refractivity contribution is 7.09. The van der Waals surface area contributed by atoms with Crippen LogP contribution < -0.4 is 31.2 Å². The maximum Gasteiger partial charge on any atom is 0.325 e. The van der Waals surface area contributed by atoms with Gasteiger partial charge in [-0.15, -0.1) is 0 Å². The molecule has 5 N–H and O–H groups in total. The third-order valence-electron chi connectivity index (χ3n) is 4.11. The molecule has 12 nitrogen and oxygen atoms in total. The van der Waals surface area contributed by atoms with Gasteiger partial charge in [0.05, 0.1) is 12.3 Å². The van der Waals surface area contributed by atoms with Gasteiger partial charge in [0.2, 0.25) is 12.7 Å². The molecule has 2 aromatic rings. The molecule has 0 aliphatic carbocycles. The average Bonchev–Trinajstić information content (AvgIpc) is 3.36. The first kappa shape index (κ1) is 21.8. The molecule has 0 fully saturated rings. The van der Waals surface area contributed by atoms with Crippen molar-refractivity contribution in [1.29, 1.82) is 0 Å². The largest absolute Gasteiger partial charge is 0.465 e. The summed E-state index contributed by atoms with van der Waals surface area (Å²) in [5.74, 6) is -1.94. The summed E-state index contributed by atoms with van der Waals surface area (Å²) >= 11 is 0.684. The van der Waals surface area contributed by atoms with E-state index >= 15 is 0 Å². The van der Waals surface area contributed by atoms with Crippen molar-refractivity contribution in [2.75, 3.05) is 37.1 Å². The Balaban J connectivity index is 1.87. The first-order valence-corrected chi connectivity index (χ1v) is 9.78. The number of nitrogens with two attached hydrogens (primary N) is 2. The highest BCUT2D eigenvalue weighted by atomic mass is 32.1. The van der Waals surface area contributed by atoms with Gasteiger partial charge in [0.15, 0.2) is 17.2 Å². The second kappa shape index (κ2) is 9.30. The molecular formula is C18H19N5O7S. The van der Waals surface area contributed by atoms with Crippen LogP contribution in [0.3, 0.4) is 0 Å². The van der Waals surface area contributed by atoms with Gasteiger partial charge in [0.25, 0.3) is 11.8 Å². The van der Waals surface area contributed by atoms with E-state index in [0.717, 1.165) is 4.90 Å². The number of ether oxygens (including phenoxy) is 3. The number of primary amides is 1. The van der Waals surface area contributed by atoms with Crippen molar-refractivity contribution in [2.45, 2.75) is 6.92 Å². The Hall–Kier alpha value is -3.87. The first-order chi connectivity index (χ1) is 14.8. The van der Waals surface area contributed by atoms with E-state index in [9.17, 15) is 19.2 Å². The van der Waals surface area contributed by atoms with Gasteiger partial charge in [0, 0.05) is 11.8 Å². The van der Waals surface area contributed by atoms with Crippen molar-refractivity contribution in [3.63, 3.8) is 0 Å². The van der Waals surface area contributed by atoms with Gasteiger partial charge in [-0.25, -0.2) is 0 Å². The molecule has 1 aliphatic rings. The van der Waals surface area contributed by atoms with E-state index in [4.69, 9.17) is 25.7 Å². The highest BCUT2D eigenvalue weighted by Crippen LogP contribution is 2.36. The van der Waals surface area contributed by atoms with Gasteiger partial charge in [0.1, 0.15) is 18.0 Å². The summed E-state index contributed by atoms with van der Waals surface area (Å²) in [5.41, 5.74) is 11.0. The monoisotopic (exact) mass is 449 g/mol. The number of aromatic nitrogens is 1. The summed E-state index contributed by atoms with van der Waals surface area (Å²) in [6.07, 6.45) is 0. The van der Waals surface area contributed by atoms with Crippen LogP contribution in [0.4, 0.5) is 11.4 Å². The zero-order valence-electron chi connectivity index (χ0n) is 16.4. The fourth-order valence-corrected chi connectivity index (χ4v) is 3.42. The Morgan fingerprint density at radius 1 is 1.26 bits per heavy atom. The van der Waals surface area contributed by atoms with E-state index in [0.29, 0.717) is 28.7 Å². The topological polar surface area (TPSA) is 176 Å². The van der Waals surface area contributed by atoms with Crippen LogP contribution in [0.2, 0.25) is 0 Å². The van der Waals surface area contributed by atoms with Crippen molar-refractivity contribution >= 4 is 46.6 Å². The zero-order valence-corrected chi connectivity index (χ0v) is 17.2. The standard InChI is InChI=1S/C18H19N5O7S/c1-2-28-13(25)6-21-12(24)7-23(9-3-4-10-11(5-9)30-8-29-10)18(27)16-14(19)15(17(20)26)22-31-16/h3-5H,2,6-8,19H2,1H3,(H2,20,26)(H,21,24). The fourth-order valence-electron chi connectivity index (χ4n) is 2.67. The fraction of sp³-hybridized carbons (Fsp3) is 0.278. The molecule has 1 aromatic carbocycles. The lowest BCUT2D eigenvalue weighted by Crippen LogP contribution is -2.42. The summed E-state index contributed by atoms with van der Waals surface area (Å²) in [6.45, 7) is 1.02. The summed E-state index contributed by atoms with van der Waals surface area (Å²) in [6, 6.07) is 4.65. The van der Waals surface area contributed by atoms with Crippen LogP contribution in [0.15, 0.2) is 18.2 Å². The van der Waals surface area contributed by atoms with Gasteiger partial charge in [-0.2, -0.15) is 4.37 Å². The van der Waals surface area contributed by atoms with Crippen LogP contribution in [0.25, 0.3) is 0 Å². The maximum atomic E-state index is 13.2. The quantitative estimate of drug-likeness (QED) is 0.464. The molecule has 0 radical (unpaired) electrons. The summed E-state index contributed by atoms with van der Waals surface area (Å²) < 4.78 is 19.2. The number of nitrogen functional groups attached to an aromatic ring is 1. The number of carbonyl (C=O) groups is 4. The molecule has 0 unspecified atom stereocenters. The van der Waals surface area contributed by atoms with Crippen LogP contribution in [-0.4, -0.2) is 54.6 Å². The third kappa shape index (κ3) is 4.83. The lowest BCUT2D eigenvalue weighted by atomic mass is 10.2. The van der Waals surface area contributed by atoms with Gasteiger partial charge in [-0.3, -0.25) is 24.1 Å². The first-order valence-electron chi connectivity index (χ1n) is 9.00. The van der Waals surface area contributed by atoms with Gasteiger partial charge in [-0.05, 0) is 30.6 Å². The number of carbonyl (C=O) groups excluding carboxylic acids is 4. The number of hydrogen-bond donors (Lipinski definition) is 3. The highest BCUT2D eigenvalue weighted by Gasteiger charge is 2.28. The molecule has 3 amide bonds. The Morgan fingerprint density at radius 2 is 2.00 bits per heavy atom. The van der Waals surface area contributed by atoms with E-state index in [-0.39, 0.29) is 36.2 Å². The third-order valence-corrected chi connectivity index (χ3v) is 4.96. The molecular weight excluding hydrogens is 430 g/mol. The average molecular weight is 449 g/mol. The van der Waals surface area contributed by atoms with Crippen molar-refractivity contribution < 1.29 is 33.4 Å². The Morgan fingerprint density at radius 3 is 2.68 bits per heavy atom. The van der Waals surface area contributed by atoms with E-state index in [2.05, 4.69) is 9.69 Å². The number of esters is 1. The van der Waals surface area contributed by atoms with Gasteiger partial charge in [-0.1, -0.05) is 0 Å². The molecule has 0 saturated heterocycles. The van der Waals surface area contributed by atoms with Gasteiger partial charge < -0.3 is 31.0 Å². The van der Waals surface area contributed by atoms with E-state index in [1.54, 1.807) is 19.1 Å². The van der Waals surface area contributed by atoms with Crippen LogP contribution in [0, 0.1) is 0 Å². The maximum absolute atomic E-state index is 13.2. The van der Waals surface area contributed by atoms with Crippen molar-refractivity contribution in [2.24, 2.45) is 5.73 Å². The second-order valence-corrected chi connectivity index (χ2v) is 6.92. The number of anilines is 2. The summed E-state index contributed by atoms with van der Waals surface area (Å²) in [7, 11) is 0. The number of rotatable bonds is 8. The van der Waals surface area contributed by atoms with E-state index < -0.39 is 30.2 Å². The number of amides is 3. The molecule has 0 saturated carbocycles. The van der Waals surface area contributed by atoms with Gasteiger partial charge >= 0.3 is 5.97 Å². The SMILES string of the molecule is CCOC(=O)CNC(=O)CN(C(=O)c1snc(C(N)=O)c1N)c1ccc2c(c1)OCO2. The lowest BCUT2D eigenvalue weighted by molar-refractivity contribution is -0.143. The molecule has 164 valence electrons. The second-order valence-electron chi connectivity index (χ2n) is 6.15. The number of nitrogens with zero attached hydrogens (tertiary/aromatic N) is 2. The molecule has 3 rings (SSSR count). The summed E-state index contributed by atoms with van der Waals surface area (Å²) in [4.78, 5) is 49.6. The Kier molecular flexibility index (Phi) is 6.55.